The second-order valence-electron chi connectivity index (χ2n) is 3.21. The fourth-order valence-electron chi connectivity index (χ4n) is 1.26. The molecule has 2 rings (SSSR count). The molecule has 0 saturated heterocycles. The van der Waals surface area contributed by atoms with Gasteiger partial charge in [0.1, 0.15) is 12.1 Å². The van der Waals surface area contributed by atoms with Crippen molar-refractivity contribution in [3.05, 3.63) is 28.3 Å². The van der Waals surface area contributed by atoms with Crippen molar-refractivity contribution in [3.8, 4) is 5.82 Å². The van der Waals surface area contributed by atoms with Crippen LogP contribution in [0.1, 0.15) is 11.4 Å². The third-order valence-corrected chi connectivity index (χ3v) is 3.01. The number of halogens is 1. The summed E-state index contributed by atoms with van der Waals surface area (Å²) in [5.74, 6) is 1.22. The van der Waals surface area contributed by atoms with Gasteiger partial charge in [-0.15, -0.1) is 0 Å². The zero-order valence-electron chi connectivity index (χ0n) is 8.40. The van der Waals surface area contributed by atoms with Crippen molar-refractivity contribution in [1.29, 1.82) is 0 Å². The molecule has 0 fully saturated rings. The Balaban J connectivity index is 2.59. The molecule has 0 spiro atoms. The summed E-state index contributed by atoms with van der Waals surface area (Å²) >= 11 is 3.36. The Labute approximate surface area is 95.5 Å². The normalized spacial score (nSPS) is 10.6. The minimum atomic E-state index is 0.547. The highest BCUT2D eigenvalue weighted by atomic mass is 79.9. The Morgan fingerprint density at radius 3 is 2.60 bits per heavy atom. The van der Waals surface area contributed by atoms with E-state index < -0.39 is 0 Å². The van der Waals surface area contributed by atoms with E-state index in [1.807, 2.05) is 19.9 Å². The molecule has 0 aliphatic heterocycles. The Morgan fingerprint density at radius 2 is 2.07 bits per heavy atom. The molecule has 0 bridgehead atoms. The van der Waals surface area contributed by atoms with Crippen LogP contribution in [-0.4, -0.2) is 19.7 Å². The number of aromatic nitrogens is 4. The summed E-state index contributed by atoms with van der Waals surface area (Å²) < 4.78 is 2.40. The molecule has 0 atom stereocenters. The number of anilines is 1. The van der Waals surface area contributed by atoms with E-state index in [1.165, 1.54) is 6.33 Å². The van der Waals surface area contributed by atoms with Crippen LogP contribution in [-0.2, 0) is 0 Å². The summed E-state index contributed by atoms with van der Waals surface area (Å²) in [4.78, 5) is 8.13. The fraction of sp³-hybridized carbons (Fsp3) is 0.222. The number of aryl methyl sites for hydroxylation is 2. The summed E-state index contributed by atoms with van der Waals surface area (Å²) in [6, 6.07) is 1.83. The van der Waals surface area contributed by atoms with Crippen molar-refractivity contribution in [2.24, 2.45) is 0 Å². The van der Waals surface area contributed by atoms with Gasteiger partial charge < -0.3 is 5.73 Å². The molecule has 2 heterocycles. The van der Waals surface area contributed by atoms with Crippen molar-refractivity contribution >= 4 is 21.7 Å². The topological polar surface area (TPSA) is 69.6 Å². The highest BCUT2D eigenvalue weighted by molar-refractivity contribution is 9.10. The SMILES string of the molecule is Cc1cc(-n2nc(C)c(Br)c2N)ncn1. The first-order valence-corrected chi connectivity index (χ1v) is 5.18. The van der Waals surface area contributed by atoms with Crippen LogP contribution in [0.2, 0.25) is 0 Å². The fourth-order valence-corrected chi connectivity index (χ4v) is 1.50. The van der Waals surface area contributed by atoms with Crippen molar-refractivity contribution in [2.75, 3.05) is 5.73 Å². The minimum Gasteiger partial charge on any atom is -0.383 e. The quantitative estimate of drug-likeness (QED) is 0.853. The third-order valence-electron chi connectivity index (χ3n) is 2.03. The second-order valence-corrected chi connectivity index (χ2v) is 4.01. The molecule has 0 amide bonds. The highest BCUT2D eigenvalue weighted by Crippen LogP contribution is 2.24. The van der Waals surface area contributed by atoms with Crippen LogP contribution >= 0.6 is 15.9 Å². The van der Waals surface area contributed by atoms with E-state index in [9.17, 15) is 0 Å². The molecule has 5 nitrogen and oxygen atoms in total. The standard InChI is InChI=1S/C9H10BrN5/c1-5-3-7(13-4-12-5)15-9(11)8(10)6(2)14-15/h3-4H,11H2,1-2H3. The monoisotopic (exact) mass is 267 g/mol. The molecular weight excluding hydrogens is 258 g/mol. The summed E-state index contributed by atoms with van der Waals surface area (Å²) in [6.45, 7) is 3.78. The van der Waals surface area contributed by atoms with Crippen LogP contribution in [0.3, 0.4) is 0 Å². The van der Waals surface area contributed by atoms with Gasteiger partial charge in [-0.25, -0.2) is 9.97 Å². The molecule has 2 aromatic heterocycles. The lowest BCUT2D eigenvalue weighted by atomic mass is 10.4. The zero-order valence-corrected chi connectivity index (χ0v) is 9.98. The summed E-state index contributed by atoms with van der Waals surface area (Å²) in [7, 11) is 0. The van der Waals surface area contributed by atoms with Gasteiger partial charge in [-0.2, -0.15) is 9.78 Å². The zero-order chi connectivity index (χ0) is 11.0. The van der Waals surface area contributed by atoms with Crippen LogP contribution in [0.25, 0.3) is 5.82 Å². The molecule has 0 aliphatic carbocycles. The molecule has 15 heavy (non-hydrogen) atoms. The van der Waals surface area contributed by atoms with E-state index >= 15 is 0 Å². The average molecular weight is 268 g/mol. The van der Waals surface area contributed by atoms with Crippen LogP contribution in [0.4, 0.5) is 5.82 Å². The average Bonchev–Trinajstić information content (AvgIpc) is 2.46. The van der Waals surface area contributed by atoms with E-state index in [-0.39, 0.29) is 0 Å². The Hall–Kier alpha value is -1.43. The smallest absolute Gasteiger partial charge is 0.159 e. The van der Waals surface area contributed by atoms with Gasteiger partial charge in [-0.05, 0) is 29.8 Å². The van der Waals surface area contributed by atoms with Crippen molar-refractivity contribution in [3.63, 3.8) is 0 Å². The number of nitrogens with zero attached hydrogens (tertiary/aromatic N) is 4. The summed E-state index contributed by atoms with van der Waals surface area (Å²) in [5, 5.41) is 4.28. The van der Waals surface area contributed by atoms with Gasteiger partial charge in [0.25, 0.3) is 0 Å². The molecule has 0 radical (unpaired) electrons. The lowest BCUT2D eigenvalue weighted by molar-refractivity contribution is 0.830. The Bertz CT molecular complexity index is 505. The number of rotatable bonds is 1. The van der Waals surface area contributed by atoms with E-state index in [4.69, 9.17) is 5.73 Å². The predicted octanol–water partition coefficient (Wildman–Crippen LogP) is 1.62. The number of nitrogen functional groups attached to an aromatic ring is 1. The van der Waals surface area contributed by atoms with E-state index in [0.717, 1.165) is 15.9 Å². The molecule has 0 saturated carbocycles. The van der Waals surface area contributed by atoms with Gasteiger partial charge >= 0.3 is 0 Å². The van der Waals surface area contributed by atoms with Crippen molar-refractivity contribution < 1.29 is 0 Å². The highest BCUT2D eigenvalue weighted by Gasteiger charge is 2.11. The first-order valence-electron chi connectivity index (χ1n) is 4.39. The maximum Gasteiger partial charge on any atom is 0.159 e. The summed E-state index contributed by atoms with van der Waals surface area (Å²) in [6.07, 6.45) is 1.50. The molecule has 2 aromatic rings. The second kappa shape index (κ2) is 3.62. The number of hydrogen-bond acceptors (Lipinski definition) is 4. The van der Waals surface area contributed by atoms with E-state index in [1.54, 1.807) is 4.68 Å². The van der Waals surface area contributed by atoms with Crippen molar-refractivity contribution in [2.45, 2.75) is 13.8 Å². The molecule has 2 N–H and O–H groups in total. The van der Waals surface area contributed by atoms with Crippen LogP contribution in [0, 0.1) is 13.8 Å². The van der Waals surface area contributed by atoms with Crippen LogP contribution < -0.4 is 5.73 Å². The van der Waals surface area contributed by atoms with E-state index in [2.05, 4.69) is 31.0 Å². The number of nitrogens with two attached hydrogens (primary N) is 1. The Kier molecular flexibility index (Phi) is 2.44. The largest absolute Gasteiger partial charge is 0.383 e. The lowest BCUT2D eigenvalue weighted by Gasteiger charge is -2.02. The molecular formula is C9H10BrN5. The van der Waals surface area contributed by atoms with Gasteiger partial charge in [0, 0.05) is 11.8 Å². The van der Waals surface area contributed by atoms with Gasteiger partial charge in [-0.3, -0.25) is 0 Å². The molecule has 78 valence electrons. The third kappa shape index (κ3) is 1.72. The molecule has 0 unspecified atom stereocenters. The van der Waals surface area contributed by atoms with Gasteiger partial charge in [0.15, 0.2) is 5.82 Å². The van der Waals surface area contributed by atoms with Gasteiger partial charge in [0.05, 0.1) is 10.2 Å². The number of hydrogen-bond donors (Lipinski definition) is 1. The lowest BCUT2D eigenvalue weighted by Crippen LogP contribution is -2.04. The first-order chi connectivity index (χ1) is 7.09. The predicted molar refractivity (Wildman–Crippen MR) is 60.7 cm³/mol. The van der Waals surface area contributed by atoms with Gasteiger partial charge in [0.2, 0.25) is 0 Å². The van der Waals surface area contributed by atoms with Crippen LogP contribution in [0.5, 0.6) is 0 Å². The first kappa shape index (κ1) is 10.1. The molecule has 0 aliphatic rings. The summed E-state index contributed by atoms with van der Waals surface area (Å²) in [5.41, 5.74) is 7.59. The van der Waals surface area contributed by atoms with Crippen LogP contribution in [0.15, 0.2) is 16.9 Å². The maximum atomic E-state index is 5.88. The van der Waals surface area contributed by atoms with Crippen molar-refractivity contribution in [1.82, 2.24) is 19.7 Å². The minimum absolute atomic E-state index is 0.547. The van der Waals surface area contributed by atoms with E-state index in [0.29, 0.717) is 11.6 Å². The maximum absolute atomic E-state index is 5.88. The molecule has 6 heteroatoms. The Morgan fingerprint density at radius 1 is 1.33 bits per heavy atom. The van der Waals surface area contributed by atoms with Gasteiger partial charge in [-0.1, -0.05) is 0 Å². The molecule has 0 aromatic carbocycles.